The first-order chi connectivity index (χ1) is 8.70. The molecule has 4 heteroatoms. The minimum atomic E-state index is 0.405. The van der Waals surface area contributed by atoms with Crippen molar-refractivity contribution in [3.05, 3.63) is 63.3 Å². The van der Waals surface area contributed by atoms with Gasteiger partial charge in [0.15, 0.2) is 0 Å². The van der Waals surface area contributed by atoms with Gasteiger partial charge in [0, 0.05) is 22.2 Å². The molecule has 2 rings (SSSR count). The molecule has 1 unspecified atom stereocenters. The second-order valence-electron chi connectivity index (χ2n) is 4.08. The number of pyridine rings is 1. The van der Waals surface area contributed by atoms with Crippen molar-refractivity contribution in [3.8, 4) is 0 Å². The summed E-state index contributed by atoms with van der Waals surface area (Å²) in [4.78, 5) is 4.01. The lowest BCUT2D eigenvalue weighted by atomic mass is 9.94. The summed E-state index contributed by atoms with van der Waals surface area (Å²) in [5, 5.41) is 1.64. The minimum Gasteiger partial charge on any atom is -0.263 e. The molecule has 0 aliphatic rings. The van der Waals surface area contributed by atoms with Crippen LogP contribution in [-0.2, 0) is 6.42 Å². The Kier molecular flexibility index (Phi) is 5.22. The molecule has 94 valence electrons. The summed E-state index contributed by atoms with van der Waals surface area (Å²) >= 11 is 13.3. The number of nitrogens with zero attached hydrogens (tertiary/aromatic N) is 1. The monoisotopic (exact) mass is 387 g/mol. The molecule has 1 atom stereocenters. The van der Waals surface area contributed by atoms with Crippen LogP contribution in [0.2, 0.25) is 5.02 Å². The predicted molar refractivity (Wildman–Crippen MR) is 83.6 cm³/mol. The fourth-order valence-electron chi connectivity index (χ4n) is 1.86. The van der Waals surface area contributed by atoms with E-state index in [9.17, 15) is 0 Å². The molecule has 0 aliphatic heterocycles. The highest BCUT2D eigenvalue weighted by Crippen LogP contribution is 2.27. The zero-order valence-electron chi connectivity index (χ0n) is 9.61. The van der Waals surface area contributed by atoms with E-state index in [0.29, 0.717) is 5.92 Å². The van der Waals surface area contributed by atoms with Gasteiger partial charge in [-0.25, -0.2) is 0 Å². The van der Waals surface area contributed by atoms with Gasteiger partial charge in [-0.2, -0.15) is 0 Å². The maximum absolute atomic E-state index is 6.16. The van der Waals surface area contributed by atoms with Gasteiger partial charge in [0.2, 0.25) is 0 Å². The van der Waals surface area contributed by atoms with E-state index in [0.717, 1.165) is 26.8 Å². The van der Waals surface area contributed by atoms with Crippen LogP contribution < -0.4 is 0 Å². The van der Waals surface area contributed by atoms with Crippen molar-refractivity contribution in [1.29, 1.82) is 0 Å². The summed E-state index contributed by atoms with van der Waals surface area (Å²) in [6.45, 7) is 0. The molecule has 0 bridgehead atoms. The number of alkyl halides is 1. The van der Waals surface area contributed by atoms with Gasteiger partial charge in [-0.05, 0) is 41.7 Å². The van der Waals surface area contributed by atoms with E-state index in [-0.39, 0.29) is 0 Å². The summed E-state index contributed by atoms with van der Waals surface area (Å²) in [5.41, 5.74) is 2.44. The standard InChI is InChI=1S/C14H12Br2ClN/c15-8-12(10-2-1-3-13(16)7-10)6-11-4-5-18-9-14(11)17/h1-5,7,9,12H,6,8H2. The van der Waals surface area contributed by atoms with Crippen LogP contribution in [0.25, 0.3) is 0 Å². The number of halogens is 3. The first-order valence-electron chi connectivity index (χ1n) is 5.60. The SMILES string of the molecule is Clc1cnccc1CC(CBr)c1cccc(Br)c1. The van der Waals surface area contributed by atoms with Crippen LogP contribution in [0.15, 0.2) is 47.2 Å². The molecule has 1 aromatic carbocycles. The molecular weight excluding hydrogens is 377 g/mol. The van der Waals surface area contributed by atoms with Crippen molar-refractivity contribution >= 4 is 43.5 Å². The van der Waals surface area contributed by atoms with Crippen LogP contribution in [0.1, 0.15) is 17.0 Å². The molecule has 0 saturated carbocycles. The Bertz CT molecular complexity index is 531. The fraction of sp³-hybridized carbons (Fsp3) is 0.214. The average Bonchev–Trinajstić information content (AvgIpc) is 2.38. The topological polar surface area (TPSA) is 12.9 Å². The molecule has 0 aliphatic carbocycles. The van der Waals surface area contributed by atoms with Crippen LogP contribution in [0.5, 0.6) is 0 Å². The molecule has 18 heavy (non-hydrogen) atoms. The number of hydrogen-bond acceptors (Lipinski definition) is 1. The molecule has 1 nitrogen and oxygen atoms in total. The van der Waals surface area contributed by atoms with E-state index in [1.807, 2.05) is 12.1 Å². The van der Waals surface area contributed by atoms with Crippen LogP contribution >= 0.6 is 43.5 Å². The summed E-state index contributed by atoms with van der Waals surface area (Å²) < 4.78 is 1.10. The van der Waals surface area contributed by atoms with E-state index >= 15 is 0 Å². The molecule has 1 aromatic heterocycles. The van der Waals surface area contributed by atoms with E-state index in [2.05, 4.69) is 55.0 Å². The number of aromatic nitrogens is 1. The second-order valence-corrected chi connectivity index (χ2v) is 6.05. The third-order valence-electron chi connectivity index (χ3n) is 2.83. The first kappa shape index (κ1) is 14.0. The Morgan fingerprint density at radius 1 is 1.28 bits per heavy atom. The molecule has 0 amide bonds. The van der Waals surface area contributed by atoms with E-state index < -0.39 is 0 Å². The Hall–Kier alpha value is -0.380. The van der Waals surface area contributed by atoms with E-state index in [4.69, 9.17) is 11.6 Å². The average molecular weight is 390 g/mol. The lowest BCUT2D eigenvalue weighted by Crippen LogP contribution is -2.05. The molecule has 0 N–H and O–H groups in total. The largest absolute Gasteiger partial charge is 0.263 e. The van der Waals surface area contributed by atoms with Gasteiger partial charge in [0.1, 0.15) is 0 Å². The molecule has 2 aromatic rings. The highest BCUT2D eigenvalue weighted by Gasteiger charge is 2.13. The lowest BCUT2D eigenvalue weighted by Gasteiger charge is -2.15. The number of hydrogen-bond donors (Lipinski definition) is 0. The van der Waals surface area contributed by atoms with E-state index in [1.165, 1.54) is 5.56 Å². The van der Waals surface area contributed by atoms with Gasteiger partial charge in [-0.3, -0.25) is 4.98 Å². The summed E-state index contributed by atoms with van der Waals surface area (Å²) in [6.07, 6.45) is 4.39. The summed E-state index contributed by atoms with van der Waals surface area (Å²) in [7, 11) is 0. The van der Waals surface area contributed by atoms with Gasteiger partial charge in [-0.15, -0.1) is 0 Å². The Balaban J connectivity index is 2.23. The van der Waals surface area contributed by atoms with Crippen LogP contribution in [0, 0.1) is 0 Å². The number of rotatable bonds is 4. The van der Waals surface area contributed by atoms with Crippen molar-refractivity contribution in [2.45, 2.75) is 12.3 Å². The maximum Gasteiger partial charge on any atom is 0.0621 e. The van der Waals surface area contributed by atoms with Crippen molar-refractivity contribution < 1.29 is 0 Å². The minimum absolute atomic E-state index is 0.405. The highest BCUT2D eigenvalue weighted by atomic mass is 79.9. The number of benzene rings is 1. The zero-order valence-corrected chi connectivity index (χ0v) is 13.5. The van der Waals surface area contributed by atoms with Gasteiger partial charge in [-0.1, -0.05) is 55.6 Å². The fourth-order valence-corrected chi connectivity index (χ4v) is 3.07. The van der Waals surface area contributed by atoms with E-state index in [1.54, 1.807) is 12.4 Å². The van der Waals surface area contributed by atoms with Crippen LogP contribution in [0.3, 0.4) is 0 Å². The third-order valence-corrected chi connectivity index (χ3v) is 4.44. The summed E-state index contributed by atoms with van der Waals surface area (Å²) in [6, 6.07) is 10.4. The smallest absolute Gasteiger partial charge is 0.0621 e. The molecule has 0 spiro atoms. The van der Waals surface area contributed by atoms with Crippen molar-refractivity contribution in [2.24, 2.45) is 0 Å². The highest BCUT2D eigenvalue weighted by molar-refractivity contribution is 9.10. The normalized spacial score (nSPS) is 12.4. The first-order valence-corrected chi connectivity index (χ1v) is 7.89. The van der Waals surface area contributed by atoms with Crippen molar-refractivity contribution in [3.63, 3.8) is 0 Å². The van der Waals surface area contributed by atoms with Gasteiger partial charge < -0.3 is 0 Å². The molecule has 0 fully saturated rings. The predicted octanol–water partition coefficient (Wildman–Crippen LogP) is 5.22. The molecule has 0 saturated heterocycles. The Morgan fingerprint density at radius 2 is 2.11 bits per heavy atom. The maximum atomic E-state index is 6.16. The van der Waals surface area contributed by atoms with Crippen molar-refractivity contribution in [1.82, 2.24) is 4.98 Å². The van der Waals surface area contributed by atoms with Gasteiger partial charge in [0.05, 0.1) is 5.02 Å². The Morgan fingerprint density at radius 3 is 2.78 bits per heavy atom. The third kappa shape index (κ3) is 3.56. The van der Waals surface area contributed by atoms with Gasteiger partial charge >= 0.3 is 0 Å². The zero-order chi connectivity index (χ0) is 13.0. The van der Waals surface area contributed by atoms with Crippen LogP contribution in [-0.4, -0.2) is 10.3 Å². The lowest BCUT2D eigenvalue weighted by molar-refractivity contribution is 0.774. The summed E-state index contributed by atoms with van der Waals surface area (Å²) in [5.74, 6) is 0.405. The molecule has 1 heterocycles. The molecule has 0 radical (unpaired) electrons. The second kappa shape index (κ2) is 6.69. The van der Waals surface area contributed by atoms with Crippen molar-refractivity contribution in [2.75, 3.05) is 5.33 Å². The molecular formula is C14H12Br2ClN. The van der Waals surface area contributed by atoms with Gasteiger partial charge in [0.25, 0.3) is 0 Å². The van der Waals surface area contributed by atoms with Crippen LogP contribution in [0.4, 0.5) is 0 Å². The quantitative estimate of drug-likeness (QED) is 0.654. The Labute approximate surface area is 129 Å².